The minimum absolute atomic E-state index is 0.273. The van der Waals surface area contributed by atoms with Crippen molar-refractivity contribution >= 4 is 23.2 Å². The van der Waals surface area contributed by atoms with E-state index in [1.807, 2.05) is 19.1 Å². The number of H-pyrrole nitrogens is 1. The molecule has 7 heteroatoms. The van der Waals surface area contributed by atoms with E-state index in [1.54, 1.807) is 37.4 Å². The van der Waals surface area contributed by atoms with Crippen LogP contribution >= 0.6 is 11.6 Å². The van der Waals surface area contributed by atoms with Gasteiger partial charge in [0.05, 0.1) is 25.6 Å². The lowest BCUT2D eigenvalue weighted by atomic mass is 10.1. The van der Waals surface area contributed by atoms with Gasteiger partial charge in [-0.1, -0.05) is 23.7 Å². The van der Waals surface area contributed by atoms with Gasteiger partial charge in [-0.25, -0.2) is 0 Å². The average Bonchev–Trinajstić information content (AvgIpc) is 3.02. The van der Waals surface area contributed by atoms with E-state index in [9.17, 15) is 4.79 Å². The van der Waals surface area contributed by atoms with E-state index >= 15 is 0 Å². The highest BCUT2D eigenvalue weighted by Crippen LogP contribution is 2.31. The Labute approximate surface area is 156 Å². The zero-order valence-corrected chi connectivity index (χ0v) is 15.3. The normalized spacial score (nSPS) is 10.5. The van der Waals surface area contributed by atoms with Crippen LogP contribution in [0.15, 0.2) is 42.5 Å². The zero-order chi connectivity index (χ0) is 18.7. The van der Waals surface area contributed by atoms with Gasteiger partial charge in [0.2, 0.25) is 0 Å². The second-order valence-corrected chi connectivity index (χ2v) is 6.04. The summed E-state index contributed by atoms with van der Waals surface area (Å²) in [5.41, 5.74) is 3.32. The van der Waals surface area contributed by atoms with Crippen LogP contribution in [0.1, 0.15) is 16.1 Å². The fourth-order valence-electron chi connectivity index (χ4n) is 2.56. The SMILES string of the molecule is COc1ccc(C(=O)Nc2c(-c3ccc(Cl)cc3)n[nH]c2C)cc1OC. The van der Waals surface area contributed by atoms with Crippen molar-refractivity contribution in [2.45, 2.75) is 6.92 Å². The number of rotatable bonds is 5. The number of nitrogens with one attached hydrogen (secondary N) is 2. The van der Waals surface area contributed by atoms with Gasteiger partial charge in [-0.05, 0) is 37.3 Å². The number of halogens is 1. The number of aryl methyl sites for hydroxylation is 1. The summed E-state index contributed by atoms with van der Waals surface area (Å²) in [6.07, 6.45) is 0. The molecule has 0 saturated heterocycles. The van der Waals surface area contributed by atoms with Gasteiger partial charge in [0, 0.05) is 16.1 Å². The number of ether oxygens (including phenoxy) is 2. The van der Waals surface area contributed by atoms with Crippen LogP contribution in [0.3, 0.4) is 0 Å². The van der Waals surface area contributed by atoms with E-state index in [-0.39, 0.29) is 5.91 Å². The van der Waals surface area contributed by atoms with E-state index in [0.717, 1.165) is 11.3 Å². The Morgan fingerprint density at radius 2 is 1.77 bits per heavy atom. The van der Waals surface area contributed by atoms with Gasteiger partial charge >= 0.3 is 0 Å². The highest BCUT2D eigenvalue weighted by Gasteiger charge is 2.17. The third kappa shape index (κ3) is 3.50. The van der Waals surface area contributed by atoms with Gasteiger partial charge in [0.1, 0.15) is 5.69 Å². The first-order valence-electron chi connectivity index (χ1n) is 7.87. The van der Waals surface area contributed by atoms with Gasteiger partial charge in [0.15, 0.2) is 11.5 Å². The molecule has 1 heterocycles. The molecule has 2 aromatic carbocycles. The Morgan fingerprint density at radius 1 is 1.08 bits per heavy atom. The third-order valence-corrected chi connectivity index (χ3v) is 4.20. The number of aromatic amines is 1. The molecule has 134 valence electrons. The molecule has 0 aliphatic carbocycles. The summed E-state index contributed by atoms with van der Waals surface area (Å²) in [4.78, 5) is 12.7. The second-order valence-electron chi connectivity index (χ2n) is 5.60. The highest BCUT2D eigenvalue weighted by molar-refractivity contribution is 6.30. The van der Waals surface area contributed by atoms with E-state index in [1.165, 1.54) is 7.11 Å². The van der Waals surface area contributed by atoms with Crippen LogP contribution in [-0.4, -0.2) is 30.3 Å². The summed E-state index contributed by atoms with van der Waals surface area (Å²) in [5, 5.41) is 10.8. The van der Waals surface area contributed by atoms with Crippen LogP contribution in [0.5, 0.6) is 11.5 Å². The number of benzene rings is 2. The number of amides is 1. The number of nitrogens with zero attached hydrogens (tertiary/aromatic N) is 1. The molecule has 26 heavy (non-hydrogen) atoms. The van der Waals surface area contributed by atoms with Crippen LogP contribution in [0, 0.1) is 6.92 Å². The maximum atomic E-state index is 12.7. The maximum absolute atomic E-state index is 12.7. The minimum atomic E-state index is -0.273. The van der Waals surface area contributed by atoms with Crippen LogP contribution < -0.4 is 14.8 Å². The topological polar surface area (TPSA) is 76.2 Å². The van der Waals surface area contributed by atoms with Crippen LogP contribution in [-0.2, 0) is 0 Å². The Kier molecular flexibility index (Phi) is 5.14. The minimum Gasteiger partial charge on any atom is -0.493 e. The molecule has 0 aliphatic heterocycles. The molecule has 2 N–H and O–H groups in total. The van der Waals surface area contributed by atoms with Crippen molar-refractivity contribution in [2.75, 3.05) is 19.5 Å². The van der Waals surface area contributed by atoms with E-state index in [0.29, 0.717) is 33.5 Å². The maximum Gasteiger partial charge on any atom is 0.255 e. The second kappa shape index (κ2) is 7.49. The molecule has 0 spiro atoms. The van der Waals surface area contributed by atoms with Gasteiger partial charge in [-0.3, -0.25) is 9.89 Å². The van der Waals surface area contributed by atoms with Crippen molar-refractivity contribution in [2.24, 2.45) is 0 Å². The lowest BCUT2D eigenvalue weighted by molar-refractivity contribution is 0.102. The van der Waals surface area contributed by atoms with Gasteiger partial charge < -0.3 is 14.8 Å². The molecular weight excluding hydrogens is 354 g/mol. The predicted molar refractivity (Wildman–Crippen MR) is 101 cm³/mol. The summed E-state index contributed by atoms with van der Waals surface area (Å²) < 4.78 is 10.5. The molecule has 0 radical (unpaired) electrons. The van der Waals surface area contributed by atoms with Crippen molar-refractivity contribution in [3.8, 4) is 22.8 Å². The lowest BCUT2D eigenvalue weighted by Gasteiger charge is -2.11. The van der Waals surface area contributed by atoms with Gasteiger partial charge in [-0.2, -0.15) is 5.10 Å². The van der Waals surface area contributed by atoms with Crippen molar-refractivity contribution in [3.05, 3.63) is 58.7 Å². The number of aromatic nitrogens is 2. The summed E-state index contributed by atoms with van der Waals surface area (Å²) in [7, 11) is 3.07. The van der Waals surface area contributed by atoms with Gasteiger partial charge in [-0.15, -0.1) is 0 Å². The summed E-state index contributed by atoms with van der Waals surface area (Å²) >= 11 is 5.94. The fourth-order valence-corrected chi connectivity index (χ4v) is 2.69. The Balaban J connectivity index is 1.91. The number of hydrogen-bond acceptors (Lipinski definition) is 4. The monoisotopic (exact) mass is 371 g/mol. The fraction of sp³-hybridized carbons (Fsp3) is 0.158. The Bertz CT molecular complexity index is 936. The first kappa shape index (κ1) is 17.8. The first-order chi connectivity index (χ1) is 12.5. The van der Waals surface area contributed by atoms with Crippen molar-refractivity contribution < 1.29 is 14.3 Å². The van der Waals surface area contributed by atoms with E-state index in [4.69, 9.17) is 21.1 Å². The molecule has 1 aromatic heterocycles. The molecule has 0 aliphatic rings. The summed E-state index contributed by atoms with van der Waals surface area (Å²) in [6.45, 7) is 1.84. The Morgan fingerprint density at radius 3 is 2.42 bits per heavy atom. The largest absolute Gasteiger partial charge is 0.493 e. The Hall–Kier alpha value is -2.99. The molecule has 0 saturated carbocycles. The predicted octanol–water partition coefficient (Wildman–Crippen LogP) is 4.31. The van der Waals surface area contributed by atoms with Crippen molar-refractivity contribution in [1.82, 2.24) is 10.2 Å². The number of carbonyl (C=O) groups is 1. The first-order valence-corrected chi connectivity index (χ1v) is 8.25. The molecular formula is C19H18ClN3O3. The molecule has 6 nitrogen and oxygen atoms in total. The number of methoxy groups -OCH3 is 2. The summed E-state index contributed by atoms with van der Waals surface area (Å²) in [6, 6.07) is 12.3. The smallest absolute Gasteiger partial charge is 0.255 e. The molecule has 3 rings (SSSR count). The van der Waals surface area contributed by atoms with Crippen LogP contribution in [0.25, 0.3) is 11.3 Å². The number of anilines is 1. The molecule has 1 amide bonds. The quantitative estimate of drug-likeness (QED) is 0.700. The van der Waals surface area contributed by atoms with Crippen molar-refractivity contribution in [3.63, 3.8) is 0 Å². The van der Waals surface area contributed by atoms with E-state index in [2.05, 4.69) is 15.5 Å². The molecule has 0 bridgehead atoms. The van der Waals surface area contributed by atoms with Crippen molar-refractivity contribution in [1.29, 1.82) is 0 Å². The third-order valence-electron chi connectivity index (χ3n) is 3.95. The van der Waals surface area contributed by atoms with Crippen LogP contribution in [0.2, 0.25) is 5.02 Å². The molecule has 0 fully saturated rings. The zero-order valence-electron chi connectivity index (χ0n) is 14.6. The van der Waals surface area contributed by atoms with Crippen LogP contribution in [0.4, 0.5) is 5.69 Å². The number of carbonyl (C=O) groups excluding carboxylic acids is 1. The average molecular weight is 372 g/mol. The molecule has 3 aromatic rings. The molecule has 0 unspecified atom stereocenters. The lowest BCUT2D eigenvalue weighted by Crippen LogP contribution is -2.13. The molecule has 0 atom stereocenters. The summed E-state index contributed by atoms with van der Waals surface area (Å²) in [5.74, 6) is 0.776. The highest BCUT2D eigenvalue weighted by atomic mass is 35.5. The number of hydrogen-bond donors (Lipinski definition) is 2. The van der Waals surface area contributed by atoms with Gasteiger partial charge in [0.25, 0.3) is 5.91 Å². The van der Waals surface area contributed by atoms with E-state index < -0.39 is 0 Å². The standard InChI is InChI=1S/C19H18ClN3O3/c1-11-17(18(23-22-11)12-4-7-14(20)8-5-12)21-19(24)13-6-9-15(25-2)16(10-13)26-3/h4-10H,1-3H3,(H,21,24)(H,22,23).